The second-order valence-corrected chi connectivity index (χ2v) is 3.19. The molecule has 2 aromatic rings. The smallest absolute Gasteiger partial charge is 0.166 e. The summed E-state index contributed by atoms with van der Waals surface area (Å²) in [5.74, 6) is -1.48. The van der Waals surface area contributed by atoms with Crippen molar-refractivity contribution in [2.75, 3.05) is 0 Å². The minimum atomic E-state index is -0.711. The molecule has 2 nitrogen and oxygen atoms in total. The molecule has 0 saturated heterocycles. The standard InChI is InChI=1S/C10H5ClF2N2/c11-8-4-5-14-10(15-8)9-6(12)2-1-3-7(9)13/h1-5H. The Bertz CT molecular complexity index is 482. The van der Waals surface area contributed by atoms with Gasteiger partial charge in [-0.2, -0.15) is 0 Å². The summed E-state index contributed by atoms with van der Waals surface area (Å²) in [7, 11) is 0. The van der Waals surface area contributed by atoms with Gasteiger partial charge in [0.15, 0.2) is 5.82 Å². The lowest BCUT2D eigenvalue weighted by Gasteiger charge is -2.02. The maximum atomic E-state index is 13.3. The fourth-order valence-electron chi connectivity index (χ4n) is 1.17. The van der Waals surface area contributed by atoms with Gasteiger partial charge in [-0.05, 0) is 18.2 Å². The number of hydrogen-bond donors (Lipinski definition) is 0. The minimum absolute atomic E-state index is 0.0573. The van der Waals surface area contributed by atoms with E-state index in [2.05, 4.69) is 9.97 Å². The van der Waals surface area contributed by atoms with Gasteiger partial charge in [0.1, 0.15) is 16.8 Å². The summed E-state index contributed by atoms with van der Waals surface area (Å²) < 4.78 is 26.6. The van der Waals surface area contributed by atoms with Crippen LogP contribution >= 0.6 is 11.6 Å². The Kier molecular flexibility index (Phi) is 2.60. The normalized spacial score (nSPS) is 10.3. The third kappa shape index (κ3) is 1.94. The molecule has 0 aliphatic carbocycles. The average Bonchev–Trinajstić information content (AvgIpc) is 2.17. The zero-order valence-electron chi connectivity index (χ0n) is 7.42. The molecule has 0 atom stereocenters. The van der Waals surface area contributed by atoms with E-state index in [-0.39, 0.29) is 16.5 Å². The van der Waals surface area contributed by atoms with Crippen LogP contribution in [0.2, 0.25) is 5.15 Å². The van der Waals surface area contributed by atoms with Crippen LogP contribution in [0.3, 0.4) is 0 Å². The Morgan fingerprint density at radius 3 is 2.33 bits per heavy atom. The van der Waals surface area contributed by atoms with Crippen LogP contribution in [-0.4, -0.2) is 9.97 Å². The molecule has 2 rings (SSSR count). The second kappa shape index (κ2) is 3.90. The van der Waals surface area contributed by atoms with Crippen LogP contribution in [0, 0.1) is 11.6 Å². The monoisotopic (exact) mass is 226 g/mol. The molecule has 0 spiro atoms. The SMILES string of the molecule is Fc1cccc(F)c1-c1nccc(Cl)n1. The van der Waals surface area contributed by atoms with Crippen molar-refractivity contribution in [3.05, 3.63) is 47.2 Å². The molecular weight excluding hydrogens is 222 g/mol. The molecule has 0 aliphatic heterocycles. The van der Waals surface area contributed by atoms with E-state index in [0.717, 1.165) is 12.1 Å². The molecule has 0 amide bonds. The van der Waals surface area contributed by atoms with E-state index < -0.39 is 11.6 Å². The molecule has 0 radical (unpaired) electrons. The van der Waals surface area contributed by atoms with Crippen molar-refractivity contribution in [1.82, 2.24) is 9.97 Å². The molecule has 1 heterocycles. The molecule has 0 N–H and O–H groups in total. The van der Waals surface area contributed by atoms with Gasteiger partial charge in [-0.15, -0.1) is 0 Å². The summed E-state index contributed by atoms with van der Waals surface area (Å²) in [4.78, 5) is 7.50. The zero-order valence-corrected chi connectivity index (χ0v) is 8.17. The molecule has 0 saturated carbocycles. The maximum absolute atomic E-state index is 13.3. The van der Waals surface area contributed by atoms with Crippen molar-refractivity contribution in [3.8, 4) is 11.4 Å². The second-order valence-electron chi connectivity index (χ2n) is 2.80. The van der Waals surface area contributed by atoms with E-state index in [1.165, 1.54) is 18.3 Å². The lowest BCUT2D eigenvalue weighted by Crippen LogP contribution is -1.95. The largest absolute Gasteiger partial charge is 0.236 e. The van der Waals surface area contributed by atoms with Crippen LogP contribution < -0.4 is 0 Å². The molecule has 0 unspecified atom stereocenters. The lowest BCUT2D eigenvalue weighted by atomic mass is 10.2. The highest BCUT2D eigenvalue weighted by molar-refractivity contribution is 6.29. The van der Waals surface area contributed by atoms with Crippen LogP contribution in [0.1, 0.15) is 0 Å². The summed E-state index contributed by atoms with van der Waals surface area (Å²) in [6.07, 6.45) is 1.34. The number of hydrogen-bond acceptors (Lipinski definition) is 2. The fraction of sp³-hybridized carbons (Fsp3) is 0. The van der Waals surface area contributed by atoms with Crippen molar-refractivity contribution >= 4 is 11.6 Å². The predicted molar refractivity (Wildman–Crippen MR) is 52.4 cm³/mol. The summed E-state index contributed by atoms with van der Waals surface area (Å²) in [6.45, 7) is 0. The molecule has 0 fully saturated rings. The van der Waals surface area contributed by atoms with Gasteiger partial charge in [-0.1, -0.05) is 17.7 Å². The van der Waals surface area contributed by atoms with Crippen molar-refractivity contribution in [3.63, 3.8) is 0 Å². The number of benzene rings is 1. The van der Waals surface area contributed by atoms with Gasteiger partial charge in [0.2, 0.25) is 0 Å². The summed E-state index contributed by atoms with van der Waals surface area (Å²) in [5.41, 5.74) is -0.264. The summed E-state index contributed by atoms with van der Waals surface area (Å²) in [6, 6.07) is 4.99. The van der Waals surface area contributed by atoms with Gasteiger partial charge in [-0.3, -0.25) is 0 Å². The Labute approximate surface area is 89.6 Å². The van der Waals surface area contributed by atoms with Gasteiger partial charge in [0, 0.05) is 6.20 Å². The molecule has 1 aromatic heterocycles. The van der Waals surface area contributed by atoms with Crippen molar-refractivity contribution < 1.29 is 8.78 Å². The minimum Gasteiger partial charge on any atom is -0.236 e. The van der Waals surface area contributed by atoms with Gasteiger partial charge in [-0.25, -0.2) is 18.7 Å². The Morgan fingerprint density at radius 2 is 1.73 bits per heavy atom. The molecule has 0 bridgehead atoms. The number of nitrogens with zero attached hydrogens (tertiary/aromatic N) is 2. The molecule has 76 valence electrons. The van der Waals surface area contributed by atoms with Crippen molar-refractivity contribution in [1.29, 1.82) is 0 Å². The predicted octanol–water partition coefficient (Wildman–Crippen LogP) is 3.08. The van der Waals surface area contributed by atoms with Gasteiger partial charge < -0.3 is 0 Å². The first-order valence-electron chi connectivity index (χ1n) is 4.11. The maximum Gasteiger partial charge on any atom is 0.166 e. The lowest BCUT2D eigenvalue weighted by molar-refractivity contribution is 0.587. The van der Waals surface area contributed by atoms with E-state index in [1.54, 1.807) is 0 Å². The first-order chi connectivity index (χ1) is 7.18. The Morgan fingerprint density at radius 1 is 1.07 bits per heavy atom. The van der Waals surface area contributed by atoms with Gasteiger partial charge in [0.25, 0.3) is 0 Å². The number of rotatable bonds is 1. The van der Waals surface area contributed by atoms with E-state index in [1.807, 2.05) is 0 Å². The van der Waals surface area contributed by atoms with Gasteiger partial charge in [0.05, 0.1) is 5.56 Å². The topological polar surface area (TPSA) is 25.8 Å². The average molecular weight is 227 g/mol. The first-order valence-corrected chi connectivity index (χ1v) is 4.49. The number of aromatic nitrogens is 2. The van der Waals surface area contributed by atoms with E-state index in [4.69, 9.17) is 11.6 Å². The van der Waals surface area contributed by atoms with Crippen molar-refractivity contribution in [2.45, 2.75) is 0 Å². The van der Waals surface area contributed by atoms with E-state index >= 15 is 0 Å². The van der Waals surface area contributed by atoms with Crippen LogP contribution in [-0.2, 0) is 0 Å². The zero-order chi connectivity index (χ0) is 10.8. The highest BCUT2D eigenvalue weighted by Crippen LogP contribution is 2.23. The quantitative estimate of drug-likeness (QED) is 0.699. The molecule has 0 aliphatic rings. The van der Waals surface area contributed by atoms with Crippen LogP contribution in [0.15, 0.2) is 30.5 Å². The fourth-order valence-corrected chi connectivity index (χ4v) is 1.30. The highest BCUT2D eigenvalue weighted by Gasteiger charge is 2.13. The summed E-state index contributed by atoms with van der Waals surface area (Å²) >= 11 is 5.60. The van der Waals surface area contributed by atoms with Gasteiger partial charge >= 0.3 is 0 Å². The molecule has 1 aromatic carbocycles. The number of halogens is 3. The Hall–Kier alpha value is -1.55. The first kappa shape index (κ1) is 9.98. The highest BCUT2D eigenvalue weighted by atomic mass is 35.5. The summed E-state index contributed by atoms with van der Waals surface area (Å²) in [5, 5.41) is 0.141. The third-order valence-electron chi connectivity index (χ3n) is 1.81. The molecule has 5 heteroatoms. The molecular formula is C10H5ClF2N2. The van der Waals surface area contributed by atoms with E-state index in [9.17, 15) is 8.78 Å². The van der Waals surface area contributed by atoms with E-state index in [0.29, 0.717) is 0 Å². The van der Waals surface area contributed by atoms with Crippen LogP contribution in [0.4, 0.5) is 8.78 Å². The van der Waals surface area contributed by atoms with Crippen LogP contribution in [0.25, 0.3) is 11.4 Å². The van der Waals surface area contributed by atoms with Crippen LogP contribution in [0.5, 0.6) is 0 Å². The third-order valence-corrected chi connectivity index (χ3v) is 2.02. The Balaban J connectivity index is 2.63. The van der Waals surface area contributed by atoms with Crippen molar-refractivity contribution in [2.24, 2.45) is 0 Å². The molecule has 15 heavy (non-hydrogen) atoms.